The first-order valence-corrected chi connectivity index (χ1v) is 12.7. The summed E-state index contributed by atoms with van der Waals surface area (Å²) in [5, 5.41) is 12.4. The zero-order valence-electron chi connectivity index (χ0n) is 20.3. The van der Waals surface area contributed by atoms with E-state index in [4.69, 9.17) is 4.74 Å². The molecule has 1 aromatic rings. The smallest absolute Gasteiger partial charge is 0.321 e. The van der Waals surface area contributed by atoms with E-state index in [1.165, 1.54) is 87.5 Å². The zero-order valence-corrected chi connectivity index (χ0v) is 20.3. The summed E-state index contributed by atoms with van der Waals surface area (Å²) in [5.41, 5.74) is 0. The van der Waals surface area contributed by atoms with Crippen molar-refractivity contribution < 1.29 is 19.4 Å². The van der Waals surface area contributed by atoms with E-state index in [-0.39, 0.29) is 25.2 Å². The second-order valence-electron chi connectivity index (χ2n) is 8.71. The fourth-order valence-corrected chi connectivity index (χ4v) is 3.82. The van der Waals surface area contributed by atoms with E-state index in [0.717, 1.165) is 25.7 Å². The van der Waals surface area contributed by atoms with Gasteiger partial charge in [0.2, 0.25) is 5.91 Å². The van der Waals surface area contributed by atoms with Crippen LogP contribution >= 0.6 is 0 Å². The molecule has 2 atom stereocenters. The van der Waals surface area contributed by atoms with Crippen LogP contribution in [0.15, 0.2) is 18.7 Å². The maximum atomic E-state index is 12.2. The minimum Gasteiger partial charge on any atom is -0.480 e. The monoisotopic (exact) mass is 451 g/mol. The van der Waals surface area contributed by atoms with Crippen LogP contribution in [0.2, 0.25) is 0 Å². The Morgan fingerprint density at radius 1 is 0.938 bits per heavy atom. The van der Waals surface area contributed by atoms with Crippen molar-refractivity contribution in [2.24, 2.45) is 0 Å². The number of rotatable bonds is 21. The van der Waals surface area contributed by atoms with Crippen LogP contribution in [0.5, 0.6) is 0 Å². The number of imidazole rings is 1. The Labute approximate surface area is 194 Å². The number of ether oxygens (including phenoxy) is 1. The summed E-state index contributed by atoms with van der Waals surface area (Å²) in [4.78, 5) is 27.6. The third kappa shape index (κ3) is 13.6. The average molecular weight is 452 g/mol. The fraction of sp³-hybridized carbons (Fsp3) is 0.800. The molecule has 0 aliphatic carbocycles. The van der Waals surface area contributed by atoms with Gasteiger partial charge < -0.3 is 9.84 Å². The van der Waals surface area contributed by atoms with Crippen molar-refractivity contribution in [2.75, 3.05) is 6.73 Å². The molecule has 0 radical (unpaired) electrons. The molecule has 1 heterocycles. The Bertz CT molecular complexity index is 592. The van der Waals surface area contributed by atoms with Crippen molar-refractivity contribution >= 4 is 11.9 Å². The number of hydrogen-bond donors (Lipinski definition) is 2. The third-order valence-electron chi connectivity index (χ3n) is 5.88. The number of aromatic nitrogens is 2. The Kier molecular flexibility index (Phi) is 16.6. The Morgan fingerprint density at radius 3 is 2.00 bits per heavy atom. The number of unbranched alkanes of at least 4 members (excludes halogenated alkanes) is 10. The predicted octanol–water partition coefficient (Wildman–Crippen LogP) is 5.80. The van der Waals surface area contributed by atoms with Crippen molar-refractivity contribution in [3.05, 3.63) is 18.7 Å². The number of nitrogens with one attached hydrogen (secondary N) is 1. The minimum atomic E-state index is -1.05. The van der Waals surface area contributed by atoms with Crippen molar-refractivity contribution in [1.29, 1.82) is 0 Å². The molecule has 7 heteroatoms. The van der Waals surface area contributed by atoms with Gasteiger partial charge in [0.15, 0.2) is 0 Å². The average Bonchev–Trinajstić information content (AvgIpc) is 3.32. The molecular formula is C25H45N3O4. The fourth-order valence-electron chi connectivity index (χ4n) is 3.82. The number of hydrogen-bond acceptors (Lipinski definition) is 5. The zero-order chi connectivity index (χ0) is 23.4. The van der Waals surface area contributed by atoms with Crippen LogP contribution in [0.3, 0.4) is 0 Å². The SMILES string of the molecule is CCCCCCCCCC(CCCCCCC)OCNC(CC(=O)n1ccnc1)C(=O)O. The lowest BCUT2D eigenvalue weighted by molar-refractivity contribution is -0.140. The van der Waals surface area contributed by atoms with Gasteiger partial charge in [0, 0.05) is 12.4 Å². The summed E-state index contributed by atoms with van der Waals surface area (Å²) in [6.07, 6.45) is 21.4. The third-order valence-corrected chi connectivity index (χ3v) is 5.88. The van der Waals surface area contributed by atoms with E-state index in [1.807, 2.05) is 0 Å². The maximum Gasteiger partial charge on any atom is 0.321 e. The summed E-state index contributed by atoms with van der Waals surface area (Å²) < 4.78 is 7.35. The molecule has 7 nitrogen and oxygen atoms in total. The molecule has 0 aliphatic rings. The van der Waals surface area contributed by atoms with Crippen LogP contribution in [0.1, 0.15) is 115 Å². The molecule has 0 spiro atoms. The van der Waals surface area contributed by atoms with Crippen LogP contribution in [-0.4, -0.2) is 45.4 Å². The van der Waals surface area contributed by atoms with Crippen LogP contribution in [0, 0.1) is 0 Å². The normalized spacial score (nSPS) is 13.2. The number of carboxylic acid groups (broad SMARTS) is 1. The first-order chi connectivity index (χ1) is 15.6. The highest BCUT2D eigenvalue weighted by Crippen LogP contribution is 2.16. The molecule has 0 amide bonds. The van der Waals surface area contributed by atoms with Crippen molar-refractivity contribution in [3.8, 4) is 0 Å². The molecule has 0 saturated heterocycles. The highest BCUT2D eigenvalue weighted by Gasteiger charge is 2.22. The van der Waals surface area contributed by atoms with Crippen molar-refractivity contribution in [1.82, 2.24) is 14.9 Å². The van der Waals surface area contributed by atoms with Gasteiger partial charge in [-0.2, -0.15) is 0 Å². The van der Waals surface area contributed by atoms with Gasteiger partial charge in [-0.25, -0.2) is 4.98 Å². The van der Waals surface area contributed by atoms with Crippen LogP contribution in [0.25, 0.3) is 0 Å². The lowest BCUT2D eigenvalue weighted by atomic mass is 10.0. The van der Waals surface area contributed by atoms with Crippen LogP contribution < -0.4 is 5.32 Å². The second-order valence-corrected chi connectivity index (χ2v) is 8.71. The quantitative estimate of drug-likeness (QED) is 0.181. The maximum absolute atomic E-state index is 12.2. The van der Waals surface area contributed by atoms with Crippen molar-refractivity contribution in [3.63, 3.8) is 0 Å². The summed E-state index contributed by atoms with van der Waals surface area (Å²) in [7, 11) is 0. The van der Waals surface area contributed by atoms with Crippen LogP contribution in [0.4, 0.5) is 0 Å². The molecule has 2 N–H and O–H groups in total. The van der Waals surface area contributed by atoms with E-state index in [0.29, 0.717) is 0 Å². The highest BCUT2D eigenvalue weighted by atomic mass is 16.5. The van der Waals surface area contributed by atoms with Gasteiger partial charge in [-0.3, -0.25) is 19.5 Å². The first-order valence-electron chi connectivity index (χ1n) is 12.7. The highest BCUT2D eigenvalue weighted by molar-refractivity contribution is 5.85. The molecule has 0 bridgehead atoms. The molecule has 0 saturated carbocycles. The van der Waals surface area contributed by atoms with Gasteiger partial charge in [-0.15, -0.1) is 0 Å². The number of carboxylic acids is 1. The standard InChI is InChI=1S/C25H45N3O4/c1-3-5-7-9-10-12-14-16-22(15-13-11-8-6-4-2)32-21-27-23(25(30)31)19-24(29)28-18-17-26-20-28/h17-18,20,22-23,27H,3-16,19,21H2,1-2H3,(H,30,31). The van der Waals surface area contributed by atoms with Crippen molar-refractivity contribution in [2.45, 2.75) is 122 Å². The topological polar surface area (TPSA) is 93.5 Å². The summed E-state index contributed by atoms with van der Waals surface area (Å²) in [6, 6.07) is -0.978. The predicted molar refractivity (Wildman–Crippen MR) is 128 cm³/mol. The molecule has 1 aromatic heterocycles. The van der Waals surface area contributed by atoms with Gasteiger partial charge in [0.05, 0.1) is 19.3 Å². The molecular weight excluding hydrogens is 406 g/mol. The molecule has 2 unspecified atom stereocenters. The molecule has 32 heavy (non-hydrogen) atoms. The summed E-state index contributed by atoms with van der Waals surface area (Å²) in [6.45, 7) is 4.60. The van der Waals surface area contributed by atoms with Gasteiger partial charge in [0.25, 0.3) is 0 Å². The van der Waals surface area contributed by atoms with E-state index in [2.05, 4.69) is 24.1 Å². The molecule has 1 rings (SSSR count). The summed E-state index contributed by atoms with van der Waals surface area (Å²) in [5.74, 6) is -1.36. The summed E-state index contributed by atoms with van der Waals surface area (Å²) >= 11 is 0. The number of nitrogens with zero attached hydrogens (tertiary/aromatic N) is 2. The number of carbonyl (C=O) groups excluding carboxylic acids is 1. The number of carbonyl (C=O) groups is 2. The Balaban J connectivity index is 2.39. The van der Waals surface area contributed by atoms with E-state index in [9.17, 15) is 14.7 Å². The van der Waals surface area contributed by atoms with Gasteiger partial charge in [-0.05, 0) is 12.8 Å². The van der Waals surface area contributed by atoms with E-state index in [1.54, 1.807) is 0 Å². The van der Waals surface area contributed by atoms with E-state index >= 15 is 0 Å². The molecule has 0 aromatic carbocycles. The molecule has 184 valence electrons. The van der Waals surface area contributed by atoms with Gasteiger partial charge in [-0.1, -0.05) is 90.9 Å². The molecule has 0 aliphatic heterocycles. The lowest BCUT2D eigenvalue weighted by Crippen LogP contribution is -2.41. The van der Waals surface area contributed by atoms with Gasteiger partial charge >= 0.3 is 5.97 Å². The Morgan fingerprint density at radius 2 is 1.50 bits per heavy atom. The second kappa shape index (κ2) is 18.8. The lowest BCUT2D eigenvalue weighted by Gasteiger charge is -2.20. The largest absolute Gasteiger partial charge is 0.480 e. The van der Waals surface area contributed by atoms with E-state index < -0.39 is 12.0 Å². The Hall–Kier alpha value is -1.73. The van der Waals surface area contributed by atoms with Gasteiger partial charge in [0.1, 0.15) is 12.4 Å². The number of aliphatic carboxylic acids is 1. The first kappa shape index (κ1) is 28.3. The minimum absolute atomic E-state index is 0.138. The van der Waals surface area contributed by atoms with Crippen LogP contribution in [-0.2, 0) is 9.53 Å². The molecule has 0 fully saturated rings.